The molecule has 0 aliphatic carbocycles. The minimum absolute atomic E-state index is 0.0994. The molecule has 0 spiro atoms. The number of carbonyl (C=O) groups is 1. The van der Waals surface area contributed by atoms with Gasteiger partial charge in [0, 0.05) is 11.1 Å². The van der Waals surface area contributed by atoms with E-state index in [4.69, 9.17) is 4.74 Å². The normalized spacial score (nSPS) is 10.3. The molecule has 0 aromatic heterocycles. The van der Waals surface area contributed by atoms with Gasteiger partial charge in [-0.05, 0) is 61.4 Å². The first-order valence-electron chi connectivity index (χ1n) is 5.98. The molecule has 0 N–H and O–H groups in total. The van der Waals surface area contributed by atoms with Gasteiger partial charge in [-0.3, -0.25) is 4.79 Å². The third-order valence-corrected chi connectivity index (χ3v) is 3.11. The highest BCUT2D eigenvalue weighted by molar-refractivity contribution is 6.10. The molecule has 2 rings (SSSR count). The topological polar surface area (TPSA) is 26.3 Å². The summed E-state index contributed by atoms with van der Waals surface area (Å²) >= 11 is 0. The van der Waals surface area contributed by atoms with Crippen molar-refractivity contribution in [2.75, 3.05) is 7.11 Å². The molecular weight excluding hydrogens is 243 g/mol. The van der Waals surface area contributed by atoms with Gasteiger partial charge in [-0.2, -0.15) is 0 Å². The second-order valence-corrected chi connectivity index (χ2v) is 4.47. The quantitative estimate of drug-likeness (QED) is 0.785. The zero-order chi connectivity index (χ0) is 14.0. The van der Waals surface area contributed by atoms with Crippen molar-refractivity contribution >= 4 is 5.78 Å². The van der Waals surface area contributed by atoms with Crippen molar-refractivity contribution in [2.45, 2.75) is 13.8 Å². The average molecular weight is 258 g/mol. The average Bonchev–Trinajstić information content (AvgIpc) is 2.37. The standard InChI is InChI=1S/C16H15FO2/c1-10-8-12(17)4-6-14(10)16(18)15-7-5-13(19-3)9-11(15)2/h4-9H,1-3H3. The van der Waals surface area contributed by atoms with Crippen LogP contribution in [-0.2, 0) is 0 Å². The number of halogens is 1. The summed E-state index contributed by atoms with van der Waals surface area (Å²) in [7, 11) is 1.58. The Bertz CT molecular complexity index is 633. The molecule has 0 aliphatic heterocycles. The van der Waals surface area contributed by atoms with E-state index in [-0.39, 0.29) is 11.6 Å². The van der Waals surface area contributed by atoms with Gasteiger partial charge in [0.25, 0.3) is 0 Å². The number of benzene rings is 2. The molecule has 0 bridgehead atoms. The zero-order valence-corrected chi connectivity index (χ0v) is 11.2. The summed E-state index contributed by atoms with van der Waals surface area (Å²) in [6.07, 6.45) is 0. The zero-order valence-electron chi connectivity index (χ0n) is 11.2. The lowest BCUT2D eigenvalue weighted by Crippen LogP contribution is -2.06. The Labute approximate surface area is 111 Å². The van der Waals surface area contributed by atoms with Crippen LogP contribution in [0.1, 0.15) is 27.0 Å². The predicted octanol–water partition coefficient (Wildman–Crippen LogP) is 3.68. The van der Waals surface area contributed by atoms with Crippen molar-refractivity contribution in [3.8, 4) is 5.75 Å². The fourth-order valence-corrected chi connectivity index (χ4v) is 2.04. The Balaban J connectivity index is 2.44. The van der Waals surface area contributed by atoms with E-state index < -0.39 is 0 Å². The highest BCUT2D eigenvalue weighted by atomic mass is 19.1. The van der Waals surface area contributed by atoms with E-state index in [1.54, 1.807) is 26.2 Å². The molecule has 19 heavy (non-hydrogen) atoms. The van der Waals surface area contributed by atoms with E-state index in [1.165, 1.54) is 18.2 Å². The van der Waals surface area contributed by atoms with Crippen molar-refractivity contribution < 1.29 is 13.9 Å². The molecule has 2 aromatic carbocycles. The van der Waals surface area contributed by atoms with E-state index in [0.29, 0.717) is 22.4 Å². The number of methoxy groups -OCH3 is 1. The second-order valence-electron chi connectivity index (χ2n) is 4.47. The van der Waals surface area contributed by atoms with E-state index in [9.17, 15) is 9.18 Å². The monoisotopic (exact) mass is 258 g/mol. The molecule has 0 aliphatic rings. The third kappa shape index (κ3) is 2.65. The number of ketones is 1. The van der Waals surface area contributed by atoms with Crippen LogP contribution in [0.3, 0.4) is 0 Å². The number of hydrogen-bond acceptors (Lipinski definition) is 2. The van der Waals surface area contributed by atoms with Crippen LogP contribution < -0.4 is 4.74 Å². The molecule has 0 radical (unpaired) electrons. The molecule has 0 saturated heterocycles. The Kier molecular flexibility index (Phi) is 3.65. The number of hydrogen-bond donors (Lipinski definition) is 0. The van der Waals surface area contributed by atoms with Crippen LogP contribution in [0.15, 0.2) is 36.4 Å². The van der Waals surface area contributed by atoms with Crippen LogP contribution in [0.25, 0.3) is 0 Å². The fraction of sp³-hybridized carbons (Fsp3) is 0.188. The SMILES string of the molecule is COc1ccc(C(=O)c2ccc(F)cc2C)c(C)c1. The largest absolute Gasteiger partial charge is 0.497 e. The minimum Gasteiger partial charge on any atom is -0.497 e. The molecule has 2 nitrogen and oxygen atoms in total. The molecular formula is C16H15FO2. The van der Waals surface area contributed by atoms with Gasteiger partial charge in [0.1, 0.15) is 11.6 Å². The van der Waals surface area contributed by atoms with Crippen LogP contribution in [-0.4, -0.2) is 12.9 Å². The first-order valence-corrected chi connectivity index (χ1v) is 5.98. The molecule has 0 unspecified atom stereocenters. The third-order valence-electron chi connectivity index (χ3n) is 3.11. The first kappa shape index (κ1) is 13.3. The van der Waals surface area contributed by atoms with Crippen molar-refractivity contribution in [2.24, 2.45) is 0 Å². The van der Waals surface area contributed by atoms with Crippen molar-refractivity contribution in [3.63, 3.8) is 0 Å². The lowest BCUT2D eigenvalue weighted by atomic mass is 9.96. The lowest BCUT2D eigenvalue weighted by molar-refractivity contribution is 0.103. The fourth-order valence-electron chi connectivity index (χ4n) is 2.04. The number of rotatable bonds is 3. The Morgan fingerprint density at radius 1 is 1.00 bits per heavy atom. The molecule has 0 saturated carbocycles. The Morgan fingerprint density at radius 2 is 1.58 bits per heavy atom. The maximum absolute atomic E-state index is 13.1. The van der Waals surface area contributed by atoms with Gasteiger partial charge in [-0.15, -0.1) is 0 Å². The summed E-state index contributed by atoms with van der Waals surface area (Å²) < 4.78 is 18.2. The first-order chi connectivity index (χ1) is 9.02. The van der Waals surface area contributed by atoms with Gasteiger partial charge in [-0.1, -0.05) is 0 Å². The van der Waals surface area contributed by atoms with Crippen molar-refractivity contribution in [1.82, 2.24) is 0 Å². The summed E-state index contributed by atoms with van der Waals surface area (Å²) in [6, 6.07) is 9.49. The summed E-state index contributed by atoms with van der Waals surface area (Å²) in [5.41, 5.74) is 2.61. The van der Waals surface area contributed by atoms with E-state index in [1.807, 2.05) is 13.0 Å². The van der Waals surface area contributed by atoms with Gasteiger partial charge < -0.3 is 4.74 Å². The minimum atomic E-state index is -0.333. The second kappa shape index (κ2) is 5.22. The van der Waals surface area contributed by atoms with Crippen LogP contribution >= 0.6 is 0 Å². The lowest BCUT2D eigenvalue weighted by Gasteiger charge is -2.09. The maximum Gasteiger partial charge on any atom is 0.193 e. The van der Waals surface area contributed by atoms with Gasteiger partial charge in [0.15, 0.2) is 5.78 Å². The Hall–Kier alpha value is -2.16. The number of ether oxygens (including phenoxy) is 1. The summed E-state index contributed by atoms with van der Waals surface area (Å²) in [6.45, 7) is 3.59. The highest BCUT2D eigenvalue weighted by Crippen LogP contribution is 2.21. The van der Waals surface area contributed by atoms with Crippen LogP contribution in [0.5, 0.6) is 5.75 Å². The van der Waals surface area contributed by atoms with Crippen molar-refractivity contribution in [3.05, 3.63) is 64.5 Å². The summed E-state index contributed by atoms with van der Waals surface area (Å²) in [5.74, 6) is 0.281. The van der Waals surface area contributed by atoms with Crippen molar-refractivity contribution in [1.29, 1.82) is 0 Å². The maximum atomic E-state index is 13.1. The summed E-state index contributed by atoms with van der Waals surface area (Å²) in [4.78, 5) is 12.4. The number of aryl methyl sites for hydroxylation is 2. The number of carbonyl (C=O) groups excluding carboxylic acids is 1. The van der Waals surface area contributed by atoms with Crippen LogP contribution in [0.4, 0.5) is 4.39 Å². The summed E-state index contributed by atoms with van der Waals surface area (Å²) in [5, 5.41) is 0. The van der Waals surface area contributed by atoms with Gasteiger partial charge in [0.05, 0.1) is 7.11 Å². The molecule has 3 heteroatoms. The molecule has 0 fully saturated rings. The van der Waals surface area contributed by atoms with E-state index in [0.717, 1.165) is 5.56 Å². The van der Waals surface area contributed by atoms with Crippen LogP contribution in [0.2, 0.25) is 0 Å². The molecule has 0 atom stereocenters. The Morgan fingerprint density at radius 3 is 2.11 bits per heavy atom. The van der Waals surface area contributed by atoms with Gasteiger partial charge in [-0.25, -0.2) is 4.39 Å². The smallest absolute Gasteiger partial charge is 0.193 e. The van der Waals surface area contributed by atoms with E-state index in [2.05, 4.69) is 0 Å². The van der Waals surface area contributed by atoms with Crippen LogP contribution in [0, 0.1) is 19.7 Å². The van der Waals surface area contributed by atoms with Gasteiger partial charge >= 0.3 is 0 Å². The molecule has 2 aromatic rings. The van der Waals surface area contributed by atoms with E-state index >= 15 is 0 Å². The molecule has 0 amide bonds. The molecule has 98 valence electrons. The predicted molar refractivity (Wildman–Crippen MR) is 72.3 cm³/mol. The highest BCUT2D eigenvalue weighted by Gasteiger charge is 2.14. The van der Waals surface area contributed by atoms with Gasteiger partial charge in [0.2, 0.25) is 0 Å². The molecule has 0 heterocycles.